The monoisotopic (exact) mass is 247 g/mol. The minimum absolute atomic E-state index is 0.356. The lowest BCUT2D eigenvalue weighted by Gasteiger charge is -2.03. The Morgan fingerprint density at radius 3 is 2.94 bits per heavy atom. The summed E-state index contributed by atoms with van der Waals surface area (Å²) in [5, 5.41) is 2.01. The van der Waals surface area contributed by atoms with Gasteiger partial charge in [-0.25, -0.2) is 9.78 Å². The zero-order chi connectivity index (χ0) is 12.1. The minimum atomic E-state index is -0.356. The zero-order valence-corrected chi connectivity index (χ0v) is 10.4. The third-order valence-corrected chi connectivity index (χ3v) is 3.20. The largest absolute Gasteiger partial charge is 0.461 e. The number of thiophene rings is 1. The van der Waals surface area contributed by atoms with Crippen molar-refractivity contribution in [3.63, 3.8) is 0 Å². The summed E-state index contributed by atoms with van der Waals surface area (Å²) >= 11 is 1.67. The fourth-order valence-corrected chi connectivity index (χ4v) is 2.12. The average molecular weight is 247 g/mol. The van der Waals surface area contributed by atoms with Gasteiger partial charge in [-0.2, -0.15) is 0 Å². The molecule has 0 bridgehead atoms. The first-order chi connectivity index (χ1) is 8.25. The minimum Gasteiger partial charge on any atom is -0.461 e. The second kappa shape index (κ2) is 5.59. The summed E-state index contributed by atoms with van der Waals surface area (Å²) in [4.78, 5) is 17.0. The molecule has 0 spiro atoms. The normalized spacial score (nSPS) is 10.2. The van der Waals surface area contributed by atoms with Gasteiger partial charge < -0.3 is 4.74 Å². The van der Waals surface area contributed by atoms with Crippen molar-refractivity contribution in [2.45, 2.75) is 13.3 Å². The molecular formula is C13H13NO2S. The molecule has 0 atom stereocenters. The van der Waals surface area contributed by atoms with E-state index in [-0.39, 0.29) is 5.97 Å². The van der Waals surface area contributed by atoms with Gasteiger partial charge in [0, 0.05) is 17.0 Å². The van der Waals surface area contributed by atoms with Gasteiger partial charge in [0.15, 0.2) is 0 Å². The summed E-state index contributed by atoms with van der Waals surface area (Å²) < 4.78 is 5.16. The first-order valence-electron chi connectivity index (χ1n) is 5.39. The van der Waals surface area contributed by atoms with Gasteiger partial charge in [0.1, 0.15) is 5.69 Å². The van der Waals surface area contributed by atoms with Crippen LogP contribution in [0, 0.1) is 6.92 Å². The predicted octanol–water partition coefficient (Wildman–Crippen LogP) is 2.85. The number of ether oxygens (including phenoxy) is 1. The number of hydrogen-bond donors (Lipinski definition) is 0. The Morgan fingerprint density at radius 1 is 1.35 bits per heavy atom. The Bertz CT molecular complexity index is 494. The van der Waals surface area contributed by atoms with Crippen molar-refractivity contribution in [3.05, 3.63) is 52.0 Å². The molecule has 17 heavy (non-hydrogen) atoms. The van der Waals surface area contributed by atoms with E-state index in [0.29, 0.717) is 12.3 Å². The van der Waals surface area contributed by atoms with Gasteiger partial charge >= 0.3 is 5.97 Å². The molecule has 0 aromatic carbocycles. The van der Waals surface area contributed by atoms with Gasteiger partial charge in [-0.05, 0) is 30.5 Å². The fraction of sp³-hybridized carbons (Fsp3) is 0.231. The number of esters is 1. The van der Waals surface area contributed by atoms with Crippen molar-refractivity contribution in [2.24, 2.45) is 0 Å². The molecule has 0 fully saturated rings. The smallest absolute Gasteiger partial charge is 0.356 e. The van der Waals surface area contributed by atoms with Crippen LogP contribution < -0.4 is 0 Å². The van der Waals surface area contributed by atoms with Crippen molar-refractivity contribution < 1.29 is 9.53 Å². The molecule has 0 saturated carbocycles. The lowest BCUT2D eigenvalue weighted by molar-refractivity contribution is 0.0503. The van der Waals surface area contributed by atoms with E-state index >= 15 is 0 Å². The third kappa shape index (κ3) is 3.39. The van der Waals surface area contributed by atoms with E-state index in [1.807, 2.05) is 30.5 Å². The molecule has 3 nitrogen and oxygen atoms in total. The lowest BCUT2D eigenvalue weighted by Crippen LogP contribution is -2.09. The van der Waals surface area contributed by atoms with Crippen molar-refractivity contribution >= 4 is 17.3 Å². The van der Waals surface area contributed by atoms with Crippen LogP contribution in [0.2, 0.25) is 0 Å². The summed E-state index contributed by atoms with van der Waals surface area (Å²) in [6.45, 7) is 2.25. The van der Waals surface area contributed by atoms with Gasteiger partial charge in [0.05, 0.1) is 6.61 Å². The summed E-state index contributed by atoms with van der Waals surface area (Å²) in [5.41, 5.74) is 1.19. The molecular weight excluding hydrogens is 234 g/mol. The molecule has 2 aromatic heterocycles. The molecule has 0 aliphatic carbocycles. The van der Waals surface area contributed by atoms with Gasteiger partial charge in [-0.1, -0.05) is 12.1 Å². The van der Waals surface area contributed by atoms with E-state index in [9.17, 15) is 4.79 Å². The summed E-state index contributed by atoms with van der Waals surface area (Å²) in [6, 6.07) is 9.34. The molecule has 2 rings (SSSR count). The SMILES string of the molecule is Cc1cccc(C(=O)OCCc2cccs2)n1. The molecule has 0 radical (unpaired) electrons. The van der Waals surface area contributed by atoms with Crippen LogP contribution in [0.5, 0.6) is 0 Å². The van der Waals surface area contributed by atoms with E-state index in [0.717, 1.165) is 12.1 Å². The molecule has 0 amide bonds. The molecule has 88 valence electrons. The summed E-state index contributed by atoms with van der Waals surface area (Å²) in [7, 11) is 0. The number of carbonyl (C=O) groups excluding carboxylic acids is 1. The highest BCUT2D eigenvalue weighted by molar-refractivity contribution is 7.09. The molecule has 2 heterocycles. The summed E-state index contributed by atoms with van der Waals surface area (Å²) in [6.07, 6.45) is 0.759. The highest BCUT2D eigenvalue weighted by Gasteiger charge is 2.08. The average Bonchev–Trinajstić information content (AvgIpc) is 2.82. The number of carbonyl (C=O) groups is 1. The van der Waals surface area contributed by atoms with Gasteiger partial charge in [-0.15, -0.1) is 11.3 Å². The molecule has 0 unspecified atom stereocenters. The maximum Gasteiger partial charge on any atom is 0.356 e. The standard InChI is InChI=1S/C13H13NO2S/c1-10-4-2-6-12(14-10)13(15)16-8-7-11-5-3-9-17-11/h2-6,9H,7-8H2,1H3. The second-order valence-electron chi connectivity index (χ2n) is 3.63. The molecule has 0 N–H and O–H groups in total. The number of aryl methyl sites for hydroxylation is 1. The molecule has 4 heteroatoms. The second-order valence-corrected chi connectivity index (χ2v) is 4.66. The Kier molecular flexibility index (Phi) is 3.88. The van der Waals surface area contributed by atoms with Crippen LogP contribution in [-0.4, -0.2) is 17.6 Å². The first kappa shape index (κ1) is 11.8. The highest BCUT2D eigenvalue weighted by atomic mass is 32.1. The van der Waals surface area contributed by atoms with Gasteiger partial charge in [0.2, 0.25) is 0 Å². The fourth-order valence-electron chi connectivity index (χ4n) is 1.43. The molecule has 0 aliphatic heterocycles. The topological polar surface area (TPSA) is 39.2 Å². The number of pyridine rings is 1. The van der Waals surface area contributed by atoms with E-state index < -0.39 is 0 Å². The number of aromatic nitrogens is 1. The van der Waals surface area contributed by atoms with Crippen LogP contribution in [0.1, 0.15) is 21.1 Å². The van der Waals surface area contributed by atoms with Crippen molar-refractivity contribution in [2.75, 3.05) is 6.61 Å². The van der Waals surface area contributed by atoms with E-state index in [1.54, 1.807) is 23.5 Å². The van der Waals surface area contributed by atoms with Crippen LogP contribution in [0.25, 0.3) is 0 Å². The molecule has 0 saturated heterocycles. The van der Waals surface area contributed by atoms with Crippen molar-refractivity contribution in [1.82, 2.24) is 4.98 Å². The molecule has 0 aliphatic rings. The van der Waals surface area contributed by atoms with Crippen LogP contribution in [0.3, 0.4) is 0 Å². The van der Waals surface area contributed by atoms with Crippen LogP contribution in [-0.2, 0) is 11.2 Å². The number of hydrogen-bond acceptors (Lipinski definition) is 4. The zero-order valence-electron chi connectivity index (χ0n) is 9.55. The Labute approximate surface area is 104 Å². The predicted molar refractivity (Wildman–Crippen MR) is 67.3 cm³/mol. The quantitative estimate of drug-likeness (QED) is 0.780. The number of nitrogens with zero attached hydrogens (tertiary/aromatic N) is 1. The van der Waals surface area contributed by atoms with Crippen LogP contribution >= 0.6 is 11.3 Å². The van der Waals surface area contributed by atoms with E-state index in [2.05, 4.69) is 4.98 Å². The van der Waals surface area contributed by atoms with E-state index in [1.165, 1.54) is 4.88 Å². The molecule has 2 aromatic rings. The summed E-state index contributed by atoms with van der Waals surface area (Å²) in [5.74, 6) is -0.356. The Hall–Kier alpha value is -1.68. The Morgan fingerprint density at radius 2 is 2.24 bits per heavy atom. The highest BCUT2D eigenvalue weighted by Crippen LogP contribution is 2.09. The Balaban J connectivity index is 1.85. The van der Waals surface area contributed by atoms with Crippen LogP contribution in [0.4, 0.5) is 0 Å². The van der Waals surface area contributed by atoms with E-state index in [4.69, 9.17) is 4.74 Å². The van der Waals surface area contributed by atoms with Gasteiger partial charge in [0.25, 0.3) is 0 Å². The number of rotatable bonds is 4. The van der Waals surface area contributed by atoms with Crippen LogP contribution in [0.15, 0.2) is 35.7 Å². The maximum atomic E-state index is 11.6. The van der Waals surface area contributed by atoms with Crippen molar-refractivity contribution in [1.29, 1.82) is 0 Å². The van der Waals surface area contributed by atoms with Crippen molar-refractivity contribution in [3.8, 4) is 0 Å². The lowest BCUT2D eigenvalue weighted by atomic mass is 10.3. The van der Waals surface area contributed by atoms with Gasteiger partial charge in [-0.3, -0.25) is 0 Å². The first-order valence-corrected chi connectivity index (χ1v) is 6.27. The maximum absolute atomic E-state index is 11.6. The third-order valence-electron chi connectivity index (χ3n) is 2.26.